The first kappa shape index (κ1) is 22.1. The molecule has 4 N–H and O–H groups in total. The summed E-state index contributed by atoms with van der Waals surface area (Å²) in [7, 11) is 0. The van der Waals surface area contributed by atoms with Gasteiger partial charge in [0.1, 0.15) is 0 Å². The Bertz CT molecular complexity index is 983. The van der Waals surface area contributed by atoms with E-state index in [-0.39, 0.29) is 29.7 Å². The molecule has 2 amide bonds. The molecule has 2 aliphatic heterocycles. The summed E-state index contributed by atoms with van der Waals surface area (Å²) in [5.74, 6) is -0.742. The minimum atomic E-state index is -4.46. The molecular formula is C23H25F3N4O2. The maximum Gasteiger partial charge on any atom is 0.416 e. The molecule has 0 radical (unpaired) electrons. The quantitative estimate of drug-likeness (QED) is 0.547. The van der Waals surface area contributed by atoms with E-state index in [2.05, 4.69) is 21.3 Å². The van der Waals surface area contributed by atoms with E-state index in [0.717, 1.165) is 37.8 Å². The Balaban J connectivity index is 1.36. The van der Waals surface area contributed by atoms with Crippen LogP contribution in [0.2, 0.25) is 0 Å². The van der Waals surface area contributed by atoms with Crippen LogP contribution in [-0.2, 0) is 11.0 Å². The summed E-state index contributed by atoms with van der Waals surface area (Å²) >= 11 is 0. The summed E-state index contributed by atoms with van der Waals surface area (Å²) in [5, 5.41) is 12.0. The van der Waals surface area contributed by atoms with E-state index in [4.69, 9.17) is 0 Å². The highest BCUT2D eigenvalue weighted by atomic mass is 19.4. The molecule has 2 aliphatic rings. The average molecular weight is 446 g/mol. The first-order chi connectivity index (χ1) is 15.3. The van der Waals surface area contributed by atoms with Crippen LogP contribution in [0.5, 0.6) is 0 Å². The van der Waals surface area contributed by atoms with Gasteiger partial charge in [-0.1, -0.05) is 18.2 Å². The number of benzene rings is 2. The van der Waals surface area contributed by atoms with Gasteiger partial charge in [-0.25, -0.2) is 0 Å². The molecule has 2 saturated heterocycles. The Kier molecular flexibility index (Phi) is 6.36. The summed E-state index contributed by atoms with van der Waals surface area (Å²) in [4.78, 5) is 25.0. The van der Waals surface area contributed by atoms with Gasteiger partial charge in [0.2, 0.25) is 5.91 Å². The van der Waals surface area contributed by atoms with E-state index in [1.54, 1.807) is 24.3 Å². The predicted molar refractivity (Wildman–Crippen MR) is 115 cm³/mol. The highest BCUT2D eigenvalue weighted by molar-refractivity contribution is 6.01. The lowest BCUT2D eigenvalue weighted by Crippen LogP contribution is -2.50. The minimum absolute atomic E-state index is 0.105. The first-order valence-electron chi connectivity index (χ1n) is 10.6. The van der Waals surface area contributed by atoms with Gasteiger partial charge in [-0.2, -0.15) is 13.2 Å². The van der Waals surface area contributed by atoms with Crippen molar-refractivity contribution >= 4 is 23.2 Å². The summed E-state index contributed by atoms with van der Waals surface area (Å²) in [6, 6.07) is 12.2. The van der Waals surface area contributed by atoms with Gasteiger partial charge in [-0.15, -0.1) is 0 Å². The molecule has 0 spiro atoms. The van der Waals surface area contributed by atoms with Crippen molar-refractivity contribution in [3.05, 3.63) is 59.7 Å². The normalized spacial score (nSPS) is 22.3. The van der Waals surface area contributed by atoms with Crippen molar-refractivity contribution in [1.82, 2.24) is 16.0 Å². The van der Waals surface area contributed by atoms with Crippen LogP contribution in [0.1, 0.15) is 41.6 Å². The van der Waals surface area contributed by atoms with Gasteiger partial charge in [0.05, 0.1) is 23.4 Å². The van der Waals surface area contributed by atoms with E-state index in [9.17, 15) is 22.8 Å². The fourth-order valence-electron chi connectivity index (χ4n) is 4.43. The zero-order valence-electron chi connectivity index (χ0n) is 17.3. The number of nitrogens with one attached hydrogen (secondary N) is 4. The number of piperidine rings is 1. The van der Waals surface area contributed by atoms with Gasteiger partial charge >= 0.3 is 6.18 Å². The molecule has 32 heavy (non-hydrogen) atoms. The van der Waals surface area contributed by atoms with Crippen molar-refractivity contribution in [2.75, 3.05) is 11.9 Å². The second kappa shape index (κ2) is 9.20. The third-order valence-corrected chi connectivity index (χ3v) is 5.89. The van der Waals surface area contributed by atoms with E-state index in [1.165, 1.54) is 12.1 Å². The van der Waals surface area contributed by atoms with Crippen molar-refractivity contribution in [2.24, 2.45) is 0 Å². The van der Waals surface area contributed by atoms with Crippen LogP contribution < -0.4 is 21.3 Å². The van der Waals surface area contributed by atoms with Gasteiger partial charge in [0, 0.05) is 23.8 Å². The van der Waals surface area contributed by atoms with Crippen LogP contribution in [0, 0.1) is 0 Å². The highest BCUT2D eigenvalue weighted by Crippen LogP contribution is 2.32. The number of halogens is 3. The summed E-state index contributed by atoms with van der Waals surface area (Å²) in [6.45, 7) is -0.171. The van der Waals surface area contributed by atoms with E-state index < -0.39 is 17.6 Å². The molecule has 2 aromatic rings. The smallest absolute Gasteiger partial charge is 0.355 e. The van der Waals surface area contributed by atoms with Gasteiger partial charge < -0.3 is 21.3 Å². The lowest BCUT2D eigenvalue weighted by molar-refractivity contribution is -0.137. The lowest BCUT2D eigenvalue weighted by atomic mass is 10.00. The largest absolute Gasteiger partial charge is 0.416 e. The van der Waals surface area contributed by atoms with Gasteiger partial charge in [-0.05, 0) is 56.0 Å². The summed E-state index contributed by atoms with van der Waals surface area (Å²) < 4.78 is 38.9. The zero-order valence-corrected chi connectivity index (χ0v) is 17.3. The number of carbonyl (C=O) groups excluding carboxylic acids is 2. The fraction of sp³-hybridized carbons (Fsp3) is 0.391. The molecule has 0 aromatic heterocycles. The third-order valence-electron chi connectivity index (χ3n) is 5.89. The molecule has 3 atom stereocenters. The summed E-state index contributed by atoms with van der Waals surface area (Å²) in [5.41, 5.74) is 0.00287. The minimum Gasteiger partial charge on any atom is -0.355 e. The first-order valence-corrected chi connectivity index (χ1v) is 10.6. The number of hydrogen-bond donors (Lipinski definition) is 4. The molecule has 9 heteroatoms. The second-order valence-corrected chi connectivity index (χ2v) is 8.31. The van der Waals surface area contributed by atoms with Gasteiger partial charge in [-0.3, -0.25) is 9.59 Å². The number of fused-ring (bicyclic) bond motifs is 2. The van der Waals surface area contributed by atoms with Crippen LogP contribution in [0.15, 0.2) is 48.5 Å². The van der Waals surface area contributed by atoms with Crippen molar-refractivity contribution in [3.63, 3.8) is 0 Å². The fourth-order valence-corrected chi connectivity index (χ4v) is 4.43. The Morgan fingerprint density at radius 1 is 1.00 bits per heavy atom. The number of hydrogen-bond acceptors (Lipinski definition) is 4. The monoisotopic (exact) mass is 446 g/mol. The number of carbonyl (C=O) groups is 2. The molecular weight excluding hydrogens is 421 g/mol. The lowest BCUT2D eigenvalue weighted by Gasteiger charge is -2.29. The van der Waals surface area contributed by atoms with Crippen molar-refractivity contribution < 1.29 is 22.8 Å². The molecule has 0 saturated carbocycles. The third kappa shape index (κ3) is 5.40. The molecule has 2 unspecified atom stereocenters. The number of alkyl halides is 3. The Labute approximate surface area is 184 Å². The highest BCUT2D eigenvalue weighted by Gasteiger charge is 2.34. The van der Waals surface area contributed by atoms with Crippen LogP contribution >= 0.6 is 0 Å². The van der Waals surface area contributed by atoms with Crippen LogP contribution in [-0.4, -0.2) is 36.5 Å². The Morgan fingerprint density at radius 2 is 1.72 bits per heavy atom. The number of anilines is 2. The topological polar surface area (TPSA) is 82.3 Å². The number of amides is 2. The molecule has 2 bridgehead atoms. The van der Waals surface area contributed by atoms with E-state index >= 15 is 0 Å². The van der Waals surface area contributed by atoms with Gasteiger partial charge in [0.15, 0.2) is 0 Å². The average Bonchev–Trinajstić information content (AvgIpc) is 3.10. The second-order valence-electron chi connectivity index (χ2n) is 8.31. The molecule has 2 aromatic carbocycles. The SMILES string of the molecule is O=C(CNC(=O)c1ccccc1Nc1cccc(C(F)(F)F)c1)NC1CC2CC[C@H](C1)N2. The maximum absolute atomic E-state index is 13.0. The molecule has 4 rings (SSSR count). The van der Waals surface area contributed by atoms with E-state index in [0.29, 0.717) is 17.8 Å². The molecule has 0 aliphatic carbocycles. The number of rotatable bonds is 6. The van der Waals surface area contributed by atoms with Crippen molar-refractivity contribution in [2.45, 2.75) is 50.0 Å². The van der Waals surface area contributed by atoms with Crippen molar-refractivity contribution in [3.8, 4) is 0 Å². The molecule has 6 nitrogen and oxygen atoms in total. The van der Waals surface area contributed by atoms with Crippen LogP contribution in [0.3, 0.4) is 0 Å². The number of para-hydroxylation sites is 1. The summed E-state index contributed by atoms with van der Waals surface area (Å²) in [6.07, 6.45) is -0.428. The Hall–Kier alpha value is -3.07. The van der Waals surface area contributed by atoms with E-state index in [1.807, 2.05) is 0 Å². The molecule has 2 heterocycles. The maximum atomic E-state index is 13.0. The molecule has 170 valence electrons. The van der Waals surface area contributed by atoms with Crippen LogP contribution in [0.25, 0.3) is 0 Å². The van der Waals surface area contributed by atoms with Gasteiger partial charge in [0.25, 0.3) is 5.91 Å². The Morgan fingerprint density at radius 3 is 2.44 bits per heavy atom. The van der Waals surface area contributed by atoms with Crippen LogP contribution in [0.4, 0.5) is 24.5 Å². The van der Waals surface area contributed by atoms with Crippen molar-refractivity contribution in [1.29, 1.82) is 0 Å². The zero-order chi connectivity index (χ0) is 22.7. The molecule has 2 fully saturated rings. The predicted octanol–water partition coefficient (Wildman–Crippen LogP) is 3.58. The standard InChI is InChI=1S/C23H25F3N4O2/c24-23(25,26)14-4-3-5-15(10-14)29-20-7-2-1-6-19(20)22(32)27-13-21(31)30-18-11-16-8-9-17(12-18)28-16/h1-7,10,16-18,28-29H,8-9,11-13H2,(H,27,32)(H,30,31)/t16-,17?,18?/m1/s1.